The maximum Gasteiger partial charge on any atom is 0.355 e. The van der Waals surface area contributed by atoms with Crippen molar-refractivity contribution >= 4 is 23.2 Å². The number of aromatic nitrogens is 1. The number of phenols is 1. The summed E-state index contributed by atoms with van der Waals surface area (Å²) < 4.78 is 4.89. The number of benzene rings is 1. The van der Waals surface area contributed by atoms with E-state index in [1.54, 1.807) is 0 Å². The first-order chi connectivity index (χ1) is 10.0. The second-order valence-electron chi connectivity index (χ2n) is 4.00. The van der Waals surface area contributed by atoms with Crippen molar-refractivity contribution in [3.8, 4) is 11.5 Å². The van der Waals surface area contributed by atoms with E-state index in [2.05, 4.69) is 10.3 Å². The molecule has 1 aromatic carbocycles. The summed E-state index contributed by atoms with van der Waals surface area (Å²) in [6.45, 7) is 0.115. The molecule has 0 aliphatic rings. The summed E-state index contributed by atoms with van der Waals surface area (Å²) in [5.74, 6) is -1.37. The number of carboxylic acids is 1. The maximum absolute atomic E-state index is 11.9. The van der Waals surface area contributed by atoms with Crippen molar-refractivity contribution in [2.75, 3.05) is 7.11 Å². The van der Waals surface area contributed by atoms with Gasteiger partial charge in [0.15, 0.2) is 17.2 Å². The van der Waals surface area contributed by atoms with Gasteiger partial charge in [0.1, 0.15) is 5.01 Å². The van der Waals surface area contributed by atoms with Crippen LogP contribution < -0.4 is 10.1 Å². The molecular weight excluding hydrogens is 296 g/mol. The Balaban J connectivity index is 2.01. The number of rotatable bonds is 5. The lowest BCUT2D eigenvalue weighted by molar-refractivity contribution is 0.0691. The number of amides is 1. The lowest BCUT2D eigenvalue weighted by atomic mass is 10.2. The third kappa shape index (κ3) is 3.48. The SMILES string of the molecule is COc1ccc(C(=O)NCc2nc(C(=O)O)cs2)cc1O. The first kappa shape index (κ1) is 14.8. The monoisotopic (exact) mass is 308 g/mol. The van der Waals surface area contributed by atoms with Crippen molar-refractivity contribution in [2.45, 2.75) is 6.54 Å². The molecular formula is C13H12N2O5S. The van der Waals surface area contributed by atoms with Gasteiger partial charge in [-0.25, -0.2) is 9.78 Å². The van der Waals surface area contributed by atoms with Crippen LogP contribution in [0.5, 0.6) is 11.5 Å². The van der Waals surface area contributed by atoms with E-state index < -0.39 is 11.9 Å². The van der Waals surface area contributed by atoms with Crippen molar-refractivity contribution in [3.05, 3.63) is 39.8 Å². The summed E-state index contributed by atoms with van der Waals surface area (Å²) in [5.41, 5.74) is 0.217. The number of aromatic hydroxyl groups is 1. The molecule has 2 rings (SSSR count). The Morgan fingerprint density at radius 2 is 2.19 bits per heavy atom. The van der Waals surface area contributed by atoms with Gasteiger partial charge in [0, 0.05) is 10.9 Å². The second kappa shape index (κ2) is 6.23. The first-order valence-corrected chi connectivity index (χ1v) is 6.72. The Hall–Kier alpha value is -2.61. The molecule has 0 spiro atoms. The highest BCUT2D eigenvalue weighted by Crippen LogP contribution is 2.26. The average molecular weight is 308 g/mol. The highest BCUT2D eigenvalue weighted by atomic mass is 32.1. The van der Waals surface area contributed by atoms with Gasteiger partial charge in [-0.15, -0.1) is 11.3 Å². The van der Waals surface area contributed by atoms with Gasteiger partial charge in [-0.3, -0.25) is 4.79 Å². The number of thiazole rings is 1. The Kier molecular flexibility index (Phi) is 4.39. The molecule has 2 aromatic rings. The smallest absolute Gasteiger partial charge is 0.355 e. The zero-order chi connectivity index (χ0) is 15.4. The number of hydrogen-bond donors (Lipinski definition) is 3. The minimum Gasteiger partial charge on any atom is -0.504 e. The van der Waals surface area contributed by atoms with Gasteiger partial charge in [0.25, 0.3) is 5.91 Å². The topological polar surface area (TPSA) is 109 Å². The lowest BCUT2D eigenvalue weighted by Crippen LogP contribution is -2.22. The first-order valence-electron chi connectivity index (χ1n) is 5.84. The number of phenolic OH excluding ortho intramolecular Hbond substituents is 1. The van der Waals surface area contributed by atoms with Crippen LogP contribution in [-0.4, -0.2) is 34.2 Å². The van der Waals surface area contributed by atoms with Crippen LogP contribution >= 0.6 is 11.3 Å². The molecule has 0 bridgehead atoms. The summed E-state index contributed by atoms with van der Waals surface area (Å²) in [6, 6.07) is 4.29. The van der Waals surface area contributed by atoms with Crippen LogP contribution in [0.25, 0.3) is 0 Å². The van der Waals surface area contributed by atoms with Crippen LogP contribution in [0.2, 0.25) is 0 Å². The number of nitrogens with zero attached hydrogens (tertiary/aromatic N) is 1. The van der Waals surface area contributed by atoms with Crippen LogP contribution in [-0.2, 0) is 6.54 Å². The van der Waals surface area contributed by atoms with E-state index in [-0.39, 0.29) is 29.3 Å². The quantitative estimate of drug-likeness (QED) is 0.772. The van der Waals surface area contributed by atoms with Crippen LogP contribution in [0, 0.1) is 0 Å². The zero-order valence-electron chi connectivity index (χ0n) is 11.0. The predicted molar refractivity (Wildman–Crippen MR) is 74.9 cm³/mol. The van der Waals surface area contributed by atoms with Gasteiger partial charge in [0.05, 0.1) is 13.7 Å². The van der Waals surface area contributed by atoms with Gasteiger partial charge < -0.3 is 20.3 Å². The fourth-order valence-electron chi connectivity index (χ4n) is 1.58. The fourth-order valence-corrected chi connectivity index (χ4v) is 2.29. The number of aromatic carboxylic acids is 1. The number of methoxy groups -OCH3 is 1. The molecule has 0 saturated heterocycles. The normalized spacial score (nSPS) is 10.1. The number of hydrogen-bond acceptors (Lipinski definition) is 6. The van der Waals surface area contributed by atoms with Gasteiger partial charge in [-0.05, 0) is 18.2 Å². The molecule has 0 aliphatic carbocycles. The molecule has 0 atom stereocenters. The van der Waals surface area contributed by atoms with E-state index in [0.29, 0.717) is 5.01 Å². The fraction of sp³-hybridized carbons (Fsp3) is 0.154. The molecule has 0 unspecified atom stereocenters. The third-order valence-corrected chi connectivity index (χ3v) is 3.46. The zero-order valence-corrected chi connectivity index (χ0v) is 11.8. The molecule has 21 heavy (non-hydrogen) atoms. The van der Waals surface area contributed by atoms with Crippen LogP contribution in [0.3, 0.4) is 0 Å². The third-order valence-electron chi connectivity index (χ3n) is 2.61. The van der Waals surface area contributed by atoms with Gasteiger partial charge in [0.2, 0.25) is 0 Å². The van der Waals surface area contributed by atoms with E-state index in [9.17, 15) is 14.7 Å². The highest BCUT2D eigenvalue weighted by Gasteiger charge is 2.12. The molecule has 0 fully saturated rings. The Morgan fingerprint density at radius 3 is 2.76 bits per heavy atom. The summed E-state index contributed by atoms with van der Waals surface area (Å²) >= 11 is 1.15. The predicted octanol–water partition coefficient (Wildman–Crippen LogP) is 1.49. The van der Waals surface area contributed by atoms with Crippen molar-refractivity contribution in [1.82, 2.24) is 10.3 Å². The number of carbonyl (C=O) groups excluding carboxylic acids is 1. The molecule has 1 amide bonds. The molecule has 0 saturated carbocycles. The molecule has 0 radical (unpaired) electrons. The average Bonchev–Trinajstić information content (AvgIpc) is 2.93. The van der Waals surface area contributed by atoms with Crippen molar-refractivity contribution in [3.63, 3.8) is 0 Å². The molecule has 1 heterocycles. The molecule has 1 aromatic heterocycles. The van der Waals surface area contributed by atoms with E-state index >= 15 is 0 Å². The molecule has 0 aliphatic heterocycles. The van der Waals surface area contributed by atoms with Gasteiger partial charge >= 0.3 is 5.97 Å². The molecule has 110 valence electrons. The summed E-state index contributed by atoms with van der Waals surface area (Å²) in [4.78, 5) is 26.5. The van der Waals surface area contributed by atoms with Crippen molar-refractivity contribution < 1.29 is 24.5 Å². The molecule has 8 heteroatoms. The van der Waals surface area contributed by atoms with Gasteiger partial charge in [-0.1, -0.05) is 0 Å². The Morgan fingerprint density at radius 1 is 1.43 bits per heavy atom. The number of carboxylic acid groups (broad SMARTS) is 1. The van der Waals surface area contributed by atoms with Crippen molar-refractivity contribution in [1.29, 1.82) is 0 Å². The Bertz CT molecular complexity index is 683. The van der Waals surface area contributed by atoms with E-state index in [4.69, 9.17) is 9.84 Å². The second-order valence-corrected chi connectivity index (χ2v) is 4.94. The molecule has 3 N–H and O–H groups in total. The van der Waals surface area contributed by atoms with Gasteiger partial charge in [-0.2, -0.15) is 0 Å². The van der Waals surface area contributed by atoms with Crippen LogP contribution in [0.1, 0.15) is 25.9 Å². The van der Waals surface area contributed by atoms with Crippen LogP contribution in [0.4, 0.5) is 0 Å². The standard InChI is InChI=1S/C13H12N2O5S/c1-20-10-3-2-7(4-9(10)16)12(17)14-5-11-15-8(6-21-11)13(18)19/h2-4,6,16H,5H2,1H3,(H,14,17)(H,18,19). The maximum atomic E-state index is 11.9. The number of nitrogens with one attached hydrogen (secondary N) is 1. The summed E-state index contributed by atoms with van der Waals surface area (Å²) in [5, 5.41) is 22.8. The van der Waals surface area contributed by atoms with Crippen molar-refractivity contribution in [2.24, 2.45) is 0 Å². The lowest BCUT2D eigenvalue weighted by Gasteiger charge is -2.06. The number of carbonyl (C=O) groups is 2. The molecule has 7 nitrogen and oxygen atoms in total. The summed E-state index contributed by atoms with van der Waals surface area (Å²) in [7, 11) is 1.41. The van der Waals surface area contributed by atoms with E-state index in [0.717, 1.165) is 11.3 Å². The highest BCUT2D eigenvalue weighted by molar-refractivity contribution is 7.09. The largest absolute Gasteiger partial charge is 0.504 e. The number of ether oxygens (including phenoxy) is 1. The minimum atomic E-state index is -1.11. The van der Waals surface area contributed by atoms with E-state index in [1.165, 1.54) is 30.7 Å². The minimum absolute atomic E-state index is 0.0497. The van der Waals surface area contributed by atoms with Crippen LogP contribution in [0.15, 0.2) is 23.6 Å². The van der Waals surface area contributed by atoms with E-state index in [1.807, 2.05) is 0 Å². The Labute approximate surface area is 123 Å². The summed E-state index contributed by atoms with van der Waals surface area (Å²) in [6.07, 6.45) is 0.